The number of pyridine rings is 1. The van der Waals surface area contributed by atoms with E-state index in [-0.39, 0.29) is 0 Å². The average molecular weight is 651 g/mol. The Morgan fingerprint density at radius 2 is 1.00 bits per heavy atom. The van der Waals surface area contributed by atoms with Crippen LogP contribution in [-0.4, -0.2) is 19.9 Å². The number of hydrogen-bond donors (Lipinski definition) is 0. The lowest BCUT2D eigenvalue weighted by molar-refractivity contribution is 0.669. The van der Waals surface area contributed by atoms with Crippen LogP contribution in [0.15, 0.2) is 162 Å². The zero-order chi connectivity index (χ0) is 33.5. The quantitative estimate of drug-likeness (QED) is 0.178. The van der Waals surface area contributed by atoms with Crippen LogP contribution in [0.2, 0.25) is 0 Å². The van der Waals surface area contributed by atoms with Crippen LogP contribution in [0.5, 0.6) is 0 Å². The molecule has 0 fully saturated rings. The van der Waals surface area contributed by atoms with E-state index in [9.17, 15) is 0 Å². The number of furan rings is 1. The lowest BCUT2D eigenvalue weighted by Gasteiger charge is -2.12. The third-order valence-electron chi connectivity index (χ3n) is 10.1. The van der Waals surface area contributed by atoms with E-state index >= 15 is 0 Å². The summed E-state index contributed by atoms with van der Waals surface area (Å²) in [4.78, 5) is 20.3. The van der Waals surface area contributed by atoms with Gasteiger partial charge in [0.25, 0.3) is 0 Å². The summed E-state index contributed by atoms with van der Waals surface area (Å²) in [6.07, 6.45) is 1.96. The van der Waals surface area contributed by atoms with Gasteiger partial charge in [0.15, 0.2) is 17.5 Å². The summed E-state index contributed by atoms with van der Waals surface area (Å²) in [5.41, 5.74) is 5.36. The number of aromatic nitrogens is 4. The second kappa shape index (κ2) is 10.8. The fourth-order valence-electron chi connectivity index (χ4n) is 7.68. The Labute approximate surface area is 291 Å². The molecule has 0 spiro atoms. The Balaban J connectivity index is 1.20. The summed E-state index contributed by atoms with van der Waals surface area (Å²) in [7, 11) is 0. The van der Waals surface area contributed by atoms with Crippen molar-refractivity contribution in [2.75, 3.05) is 0 Å². The van der Waals surface area contributed by atoms with Gasteiger partial charge >= 0.3 is 0 Å². The third kappa shape index (κ3) is 4.35. The lowest BCUT2D eigenvalue weighted by Crippen LogP contribution is -2.01. The predicted octanol–water partition coefficient (Wildman–Crippen LogP) is 11.9. The van der Waals surface area contributed by atoms with Crippen LogP contribution in [0, 0.1) is 0 Å². The normalized spacial score (nSPS) is 11.9. The van der Waals surface area contributed by atoms with Crippen molar-refractivity contribution in [1.82, 2.24) is 19.9 Å². The minimum atomic E-state index is 0.592. The highest BCUT2D eigenvalue weighted by Gasteiger charge is 2.19. The van der Waals surface area contributed by atoms with Crippen LogP contribution in [0.25, 0.3) is 110 Å². The molecule has 0 aliphatic carbocycles. The van der Waals surface area contributed by atoms with Gasteiger partial charge < -0.3 is 4.42 Å². The van der Waals surface area contributed by atoms with Crippen molar-refractivity contribution in [3.63, 3.8) is 0 Å². The van der Waals surface area contributed by atoms with Crippen LogP contribution in [0.3, 0.4) is 0 Å². The van der Waals surface area contributed by atoms with Crippen molar-refractivity contribution < 1.29 is 4.42 Å². The Kier molecular flexibility index (Phi) is 5.89. The van der Waals surface area contributed by atoms with E-state index in [1.165, 1.54) is 10.8 Å². The smallest absolute Gasteiger partial charge is 0.164 e. The van der Waals surface area contributed by atoms with Gasteiger partial charge in [0.2, 0.25) is 0 Å². The minimum Gasteiger partial charge on any atom is -0.456 e. The SMILES string of the molecule is c1ccc2cc(-c3nc(-c4ccc5ccc6cnc7ccccc7c6c5c4)nc(-c4cc5oc6ccccc6c5c5ccccc45)n3)ccc2c1. The molecule has 236 valence electrons. The molecule has 0 aliphatic heterocycles. The molecule has 5 heteroatoms. The van der Waals surface area contributed by atoms with E-state index in [1.54, 1.807) is 0 Å². The van der Waals surface area contributed by atoms with Crippen molar-refractivity contribution in [2.45, 2.75) is 0 Å². The first kappa shape index (κ1) is 27.9. The summed E-state index contributed by atoms with van der Waals surface area (Å²) in [5.74, 6) is 1.81. The summed E-state index contributed by atoms with van der Waals surface area (Å²) >= 11 is 0. The minimum absolute atomic E-state index is 0.592. The van der Waals surface area contributed by atoms with Crippen LogP contribution >= 0.6 is 0 Å². The summed E-state index contributed by atoms with van der Waals surface area (Å²) < 4.78 is 6.45. The second-order valence-corrected chi connectivity index (χ2v) is 13.1. The summed E-state index contributed by atoms with van der Waals surface area (Å²) in [6, 6.07) is 52.6. The number of nitrogens with zero attached hydrogens (tertiary/aromatic N) is 4. The van der Waals surface area contributed by atoms with Crippen LogP contribution in [0.1, 0.15) is 0 Å². The molecule has 51 heavy (non-hydrogen) atoms. The van der Waals surface area contributed by atoms with E-state index in [0.29, 0.717) is 17.5 Å². The van der Waals surface area contributed by atoms with Gasteiger partial charge in [-0.25, -0.2) is 15.0 Å². The molecular weight excluding hydrogens is 625 g/mol. The first-order valence-corrected chi connectivity index (χ1v) is 17.0. The molecule has 0 aliphatic rings. The Hall–Kier alpha value is -6.98. The van der Waals surface area contributed by atoms with Crippen molar-refractivity contribution in [3.05, 3.63) is 158 Å². The molecule has 11 aromatic rings. The van der Waals surface area contributed by atoms with Crippen LogP contribution in [0.4, 0.5) is 0 Å². The molecule has 0 radical (unpaired) electrons. The van der Waals surface area contributed by atoms with Gasteiger partial charge in [-0.05, 0) is 62.6 Å². The van der Waals surface area contributed by atoms with Crippen molar-refractivity contribution in [1.29, 1.82) is 0 Å². The number of fused-ring (bicyclic) bond motifs is 11. The number of rotatable bonds is 3. The number of para-hydroxylation sites is 2. The van der Waals surface area contributed by atoms with Gasteiger partial charge in [-0.3, -0.25) is 4.98 Å². The molecule has 0 amide bonds. The molecule has 0 saturated carbocycles. The molecular formula is C46H26N4O. The van der Waals surface area contributed by atoms with Crippen LogP contribution in [-0.2, 0) is 0 Å². The topological polar surface area (TPSA) is 64.7 Å². The maximum absolute atomic E-state index is 6.45. The highest BCUT2D eigenvalue weighted by molar-refractivity contribution is 6.22. The molecule has 0 saturated heterocycles. The molecule has 3 aromatic heterocycles. The van der Waals surface area contributed by atoms with Crippen molar-refractivity contribution in [3.8, 4) is 34.2 Å². The number of benzene rings is 8. The maximum Gasteiger partial charge on any atom is 0.164 e. The standard InChI is InChI=1S/C46H26N4O/c1-2-10-29-23-30(20-17-27(29)9-1)44-48-45(31-21-18-28-19-22-32-26-47-39-15-7-5-13-35(39)42(32)37(28)24-31)50-46(49-44)38-25-41-43(34-12-4-3-11-33(34)38)36-14-6-8-16-40(36)51-41/h1-26H. The van der Waals surface area contributed by atoms with Crippen LogP contribution < -0.4 is 0 Å². The van der Waals surface area contributed by atoms with Crippen molar-refractivity contribution >= 4 is 75.9 Å². The monoisotopic (exact) mass is 650 g/mol. The maximum atomic E-state index is 6.45. The average Bonchev–Trinajstić information content (AvgIpc) is 3.58. The molecule has 0 unspecified atom stereocenters. The molecule has 11 rings (SSSR count). The molecule has 5 nitrogen and oxygen atoms in total. The highest BCUT2D eigenvalue weighted by atomic mass is 16.3. The van der Waals surface area contributed by atoms with Gasteiger partial charge in [-0.2, -0.15) is 0 Å². The number of hydrogen-bond acceptors (Lipinski definition) is 5. The Morgan fingerprint density at radius 3 is 1.86 bits per heavy atom. The summed E-state index contributed by atoms with van der Waals surface area (Å²) in [5, 5.41) is 12.3. The third-order valence-corrected chi connectivity index (χ3v) is 10.1. The zero-order valence-electron chi connectivity index (χ0n) is 27.2. The summed E-state index contributed by atoms with van der Waals surface area (Å²) in [6.45, 7) is 0. The van der Waals surface area contributed by atoms with E-state index in [4.69, 9.17) is 24.4 Å². The lowest BCUT2D eigenvalue weighted by atomic mass is 9.97. The Morgan fingerprint density at radius 1 is 0.373 bits per heavy atom. The van der Waals surface area contributed by atoms with Gasteiger partial charge in [-0.1, -0.05) is 121 Å². The van der Waals surface area contributed by atoms with Gasteiger partial charge in [-0.15, -0.1) is 0 Å². The van der Waals surface area contributed by atoms with Gasteiger partial charge in [0.1, 0.15) is 11.2 Å². The van der Waals surface area contributed by atoms with E-state index in [0.717, 1.165) is 81.8 Å². The first-order valence-electron chi connectivity index (χ1n) is 17.0. The zero-order valence-corrected chi connectivity index (χ0v) is 27.2. The fourth-order valence-corrected chi connectivity index (χ4v) is 7.68. The Bertz CT molecular complexity index is 3210. The van der Waals surface area contributed by atoms with E-state index < -0.39 is 0 Å². The van der Waals surface area contributed by atoms with E-state index in [1.807, 2.05) is 24.4 Å². The van der Waals surface area contributed by atoms with Gasteiger partial charge in [0, 0.05) is 49.8 Å². The van der Waals surface area contributed by atoms with Gasteiger partial charge in [0.05, 0.1) is 5.52 Å². The molecule has 0 atom stereocenters. The fraction of sp³-hybridized carbons (Fsp3) is 0. The molecule has 0 bridgehead atoms. The highest BCUT2D eigenvalue weighted by Crippen LogP contribution is 2.40. The predicted molar refractivity (Wildman–Crippen MR) is 209 cm³/mol. The first-order chi connectivity index (χ1) is 25.2. The second-order valence-electron chi connectivity index (χ2n) is 13.1. The van der Waals surface area contributed by atoms with Crippen molar-refractivity contribution in [2.24, 2.45) is 0 Å². The largest absolute Gasteiger partial charge is 0.456 e. The molecule has 8 aromatic carbocycles. The molecule has 0 N–H and O–H groups in total. The molecule has 3 heterocycles. The van der Waals surface area contributed by atoms with E-state index in [2.05, 4.69) is 133 Å².